The molecule has 0 atom stereocenters. The zero-order chi connectivity index (χ0) is 17.1. The maximum absolute atomic E-state index is 12.9. The van der Waals surface area contributed by atoms with Crippen molar-refractivity contribution < 1.29 is 9.32 Å². The van der Waals surface area contributed by atoms with Gasteiger partial charge in [-0.25, -0.2) is 0 Å². The van der Waals surface area contributed by atoms with Crippen LogP contribution in [0.15, 0.2) is 40.4 Å². The highest BCUT2D eigenvalue weighted by molar-refractivity contribution is 7.09. The third-order valence-corrected chi connectivity index (χ3v) is 5.05. The number of aromatic nitrogens is 2. The van der Waals surface area contributed by atoms with Gasteiger partial charge in [-0.1, -0.05) is 11.2 Å². The highest BCUT2D eigenvalue weighted by Crippen LogP contribution is 2.18. The third-order valence-electron chi connectivity index (χ3n) is 4.19. The van der Waals surface area contributed by atoms with Crippen molar-refractivity contribution in [1.82, 2.24) is 14.6 Å². The fourth-order valence-corrected chi connectivity index (χ4v) is 3.42. The second-order valence-electron chi connectivity index (χ2n) is 5.92. The summed E-state index contributed by atoms with van der Waals surface area (Å²) in [5.74, 6) is 0.801. The van der Waals surface area contributed by atoms with E-state index in [-0.39, 0.29) is 5.91 Å². The van der Waals surface area contributed by atoms with Crippen molar-refractivity contribution in [2.24, 2.45) is 7.05 Å². The van der Waals surface area contributed by atoms with Crippen LogP contribution in [0, 0.1) is 13.8 Å². The number of hydrogen-bond donors (Lipinski definition) is 0. The lowest BCUT2D eigenvalue weighted by atomic mass is 10.1. The van der Waals surface area contributed by atoms with Gasteiger partial charge in [0.1, 0.15) is 5.76 Å². The molecule has 0 unspecified atom stereocenters. The normalized spacial score (nSPS) is 11.0. The van der Waals surface area contributed by atoms with E-state index >= 15 is 0 Å². The molecule has 0 aliphatic rings. The monoisotopic (exact) mass is 343 g/mol. The lowest BCUT2D eigenvalue weighted by Gasteiger charge is -2.22. The molecular formula is C18H21N3O2S. The zero-order valence-electron chi connectivity index (χ0n) is 14.2. The van der Waals surface area contributed by atoms with Crippen LogP contribution in [0.1, 0.15) is 27.6 Å². The van der Waals surface area contributed by atoms with Gasteiger partial charge < -0.3 is 14.0 Å². The van der Waals surface area contributed by atoms with Crippen molar-refractivity contribution in [2.75, 3.05) is 0 Å². The molecule has 6 heteroatoms. The molecule has 24 heavy (non-hydrogen) atoms. The van der Waals surface area contributed by atoms with Crippen LogP contribution < -0.4 is 0 Å². The van der Waals surface area contributed by atoms with Crippen molar-refractivity contribution in [3.8, 4) is 0 Å². The molecule has 0 fully saturated rings. The minimum absolute atomic E-state index is 0.0824. The molecule has 126 valence electrons. The molecule has 3 rings (SSSR count). The number of thiophene rings is 1. The molecular weight excluding hydrogens is 322 g/mol. The number of aryl methyl sites for hydroxylation is 3. The highest BCUT2D eigenvalue weighted by Gasteiger charge is 2.20. The Labute approximate surface area is 145 Å². The van der Waals surface area contributed by atoms with Gasteiger partial charge in [-0.05, 0) is 37.4 Å². The molecule has 3 aromatic rings. The number of nitrogens with zero attached hydrogens (tertiary/aromatic N) is 3. The first-order chi connectivity index (χ1) is 11.5. The summed E-state index contributed by atoms with van der Waals surface area (Å²) in [5.41, 5.74) is 2.79. The lowest BCUT2D eigenvalue weighted by molar-refractivity contribution is -0.131. The van der Waals surface area contributed by atoms with Crippen LogP contribution in [0.4, 0.5) is 0 Å². The van der Waals surface area contributed by atoms with E-state index in [1.807, 2.05) is 60.1 Å². The van der Waals surface area contributed by atoms with E-state index in [1.165, 1.54) is 4.88 Å². The molecule has 0 spiro atoms. The molecule has 0 saturated heterocycles. The number of rotatable bonds is 6. The van der Waals surface area contributed by atoms with E-state index in [4.69, 9.17) is 4.52 Å². The van der Waals surface area contributed by atoms with Gasteiger partial charge in [0, 0.05) is 29.4 Å². The summed E-state index contributed by atoms with van der Waals surface area (Å²) in [7, 11) is 2.00. The van der Waals surface area contributed by atoms with Crippen LogP contribution in [0.25, 0.3) is 0 Å². The van der Waals surface area contributed by atoms with E-state index in [0.717, 1.165) is 22.7 Å². The van der Waals surface area contributed by atoms with Crippen LogP contribution in [0.3, 0.4) is 0 Å². The molecule has 0 aliphatic carbocycles. The smallest absolute Gasteiger partial charge is 0.227 e. The minimum Gasteiger partial charge on any atom is -0.361 e. The number of carbonyl (C=O) groups is 1. The number of amides is 1. The van der Waals surface area contributed by atoms with Crippen molar-refractivity contribution in [3.63, 3.8) is 0 Å². The van der Waals surface area contributed by atoms with Crippen molar-refractivity contribution in [2.45, 2.75) is 33.4 Å². The van der Waals surface area contributed by atoms with E-state index in [2.05, 4.69) is 11.2 Å². The molecule has 3 aromatic heterocycles. The van der Waals surface area contributed by atoms with E-state index in [1.54, 1.807) is 11.3 Å². The Bertz CT molecular complexity index is 798. The Morgan fingerprint density at radius 3 is 2.71 bits per heavy atom. The summed E-state index contributed by atoms with van der Waals surface area (Å²) in [4.78, 5) is 16.0. The zero-order valence-corrected chi connectivity index (χ0v) is 15.0. The maximum Gasteiger partial charge on any atom is 0.227 e. The predicted octanol–water partition coefficient (Wildman–Crippen LogP) is 3.46. The van der Waals surface area contributed by atoms with Crippen LogP contribution in [0.2, 0.25) is 0 Å². The molecule has 0 N–H and O–H groups in total. The minimum atomic E-state index is 0.0824. The Hall–Kier alpha value is -2.34. The summed E-state index contributed by atoms with van der Waals surface area (Å²) in [6.07, 6.45) is 2.31. The van der Waals surface area contributed by atoms with Gasteiger partial charge in [-0.15, -0.1) is 11.3 Å². The fraction of sp³-hybridized carbons (Fsp3) is 0.333. The molecule has 1 amide bonds. The quantitative estimate of drug-likeness (QED) is 0.689. The van der Waals surface area contributed by atoms with Crippen LogP contribution in [-0.4, -0.2) is 20.5 Å². The van der Waals surface area contributed by atoms with Gasteiger partial charge in [0.25, 0.3) is 0 Å². The van der Waals surface area contributed by atoms with Crippen molar-refractivity contribution in [3.05, 3.63) is 63.4 Å². The molecule has 0 bridgehead atoms. The van der Waals surface area contributed by atoms with Crippen LogP contribution in [0.5, 0.6) is 0 Å². The van der Waals surface area contributed by atoms with E-state index in [9.17, 15) is 4.79 Å². The Balaban J connectivity index is 1.80. The van der Waals surface area contributed by atoms with Crippen molar-refractivity contribution in [1.29, 1.82) is 0 Å². The Morgan fingerprint density at radius 2 is 2.12 bits per heavy atom. The van der Waals surface area contributed by atoms with Gasteiger partial charge in [0.2, 0.25) is 5.91 Å². The highest BCUT2D eigenvalue weighted by atomic mass is 32.1. The van der Waals surface area contributed by atoms with Crippen LogP contribution in [-0.2, 0) is 31.4 Å². The Morgan fingerprint density at radius 1 is 1.29 bits per heavy atom. The SMILES string of the molecule is Cc1noc(C)c1CC(=O)N(Cc1cccs1)Cc1cccn1C. The lowest BCUT2D eigenvalue weighted by Crippen LogP contribution is -2.32. The summed E-state index contributed by atoms with van der Waals surface area (Å²) in [5, 5.41) is 5.98. The van der Waals surface area contributed by atoms with Gasteiger partial charge in [0.15, 0.2) is 0 Å². The van der Waals surface area contributed by atoms with Crippen molar-refractivity contribution >= 4 is 17.2 Å². The van der Waals surface area contributed by atoms with Gasteiger partial charge >= 0.3 is 0 Å². The second kappa shape index (κ2) is 7.05. The third kappa shape index (κ3) is 3.59. The van der Waals surface area contributed by atoms with Gasteiger partial charge in [0.05, 0.1) is 25.2 Å². The average Bonchev–Trinajstić information content (AvgIpc) is 3.27. The summed E-state index contributed by atoms with van der Waals surface area (Å²) in [6, 6.07) is 8.12. The molecule has 3 heterocycles. The summed E-state index contributed by atoms with van der Waals surface area (Å²) in [6.45, 7) is 4.93. The molecule has 0 aromatic carbocycles. The topological polar surface area (TPSA) is 51.3 Å². The molecule has 0 saturated carbocycles. The molecule has 0 radical (unpaired) electrons. The first kappa shape index (κ1) is 16.5. The first-order valence-corrected chi connectivity index (χ1v) is 8.74. The fourth-order valence-electron chi connectivity index (χ4n) is 2.70. The largest absolute Gasteiger partial charge is 0.361 e. The van der Waals surface area contributed by atoms with E-state index < -0.39 is 0 Å². The maximum atomic E-state index is 12.9. The first-order valence-electron chi connectivity index (χ1n) is 7.86. The Kier molecular flexibility index (Phi) is 4.85. The van der Waals surface area contributed by atoms with E-state index in [0.29, 0.717) is 19.5 Å². The van der Waals surface area contributed by atoms with Gasteiger partial charge in [-0.3, -0.25) is 4.79 Å². The van der Waals surface area contributed by atoms with Gasteiger partial charge in [-0.2, -0.15) is 0 Å². The standard InChI is InChI=1S/C18H21N3O2S/c1-13-17(14(2)23-19-13)10-18(22)21(12-16-7-5-9-24-16)11-15-6-4-8-20(15)3/h4-9H,10-12H2,1-3H3. The molecule has 0 aliphatic heterocycles. The number of carbonyl (C=O) groups excluding carboxylic acids is 1. The predicted molar refractivity (Wildman–Crippen MR) is 93.7 cm³/mol. The summed E-state index contributed by atoms with van der Waals surface area (Å²) >= 11 is 1.67. The van der Waals surface area contributed by atoms with Crippen LogP contribution >= 0.6 is 11.3 Å². The second-order valence-corrected chi connectivity index (χ2v) is 6.95. The average molecular weight is 343 g/mol. The molecule has 5 nitrogen and oxygen atoms in total. The summed E-state index contributed by atoms with van der Waals surface area (Å²) < 4.78 is 7.23. The number of hydrogen-bond acceptors (Lipinski definition) is 4.